The summed E-state index contributed by atoms with van der Waals surface area (Å²) in [5.74, 6) is 0. The summed E-state index contributed by atoms with van der Waals surface area (Å²) in [5.41, 5.74) is 2.20. The largest absolute Gasteiger partial charge is 0.385 e. The zero-order chi connectivity index (χ0) is 7.40. The van der Waals surface area contributed by atoms with Gasteiger partial charge in [0, 0.05) is 24.0 Å². The quantitative estimate of drug-likeness (QED) is 0.666. The summed E-state index contributed by atoms with van der Waals surface area (Å²) < 4.78 is 0. The zero-order valence-corrected chi connectivity index (χ0v) is 6.31. The van der Waals surface area contributed by atoms with E-state index in [0.717, 1.165) is 17.8 Å². The highest BCUT2D eigenvalue weighted by atomic mass is 14.9. The molecule has 53 valence electrons. The van der Waals surface area contributed by atoms with E-state index in [1.807, 2.05) is 13.0 Å². The van der Waals surface area contributed by atoms with Gasteiger partial charge in [-0.05, 0) is 19.9 Å². The highest BCUT2D eigenvalue weighted by molar-refractivity contribution is 5.47. The standard InChI is InChI=1S/C8H11N2/c1-3-10-8-4-5-9-6-7(8)2/h4-5H,3H2,1-2H3,(H,9,10). The molecule has 1 rings (SSSR count). The Hall–Kier alpha value is -1.05. The number of rotatable bonds is 2. The van der Waals surface area contributed by atoms with Gasteiger partial charge in [0.25, 0.3) is 0 Å². The SMILES string of the molecule is CCNc1ccn[c]c1C. The lowest BCUT2D eigenvalue weighted by Gasteiger charge is -2.03. The smallest absolute Gasteiger partial charge is 0.0939 e. The molecule has 10 heavy (non-hydrogen) atoms. The van der Waals surface area contributed by atoms with Crippen molar-refractivity contribution in [2.75, 3.05) is 11.9 Å². The van der Waals surface area contributed by atoms with Crippen molar-refractivity contribution in [1.29, 1.82) is 0 Å². The summed E-state index contributed by atoms with van der Waals surface area (Å²) in [7, 11) is 0. The molecule has 0 bridgehead atoms. The van der Waals surface area contributed by atoms with E-state index in [1.165, 1.54) is 0 Å². The lowest BCUT2D eigenvalue weighted by molar-refractivity contribution is 1.17. The summed E-state index contributed by atoms with van der Waals surface area (Å²) in [6, 6.07) is 1.95. The molecule has 0 saturated heterocycles. The van der Waals surface area contributed by atoms with Gasteiger partial charge in [-0.1, -0.05) is 0 Å². The van der Waals surface area contributed by atoms with Crippen LogP contribution in [0.1, 0.15) is 12.5 Å². The molecule has 0 saturated carbocycles. The molecule has 0 aliphatic heterocycles. The van der Waals surface area contributed by atoms with Crippen molar-refractivity contribution in [3.63, 3.8) is 0 Å². The van der Waals surface area contributed by atoms with Gasteiger partial charge >= 0.3 is 0 Å². The van der Waals surface area contributed by atoms with Crippen LogP contribution in [-0.4, -0.2) is 11.5 Å². The first-order valence-electron chi connectivity index (χ1n) is 3.41. The maximum absolute atomic E-state index is 3.86. The number of aryl methyl sites for hydroxylation is 1. The topological polar surface area (TPSA) is 24.9 Å². The van der Waals surface area contributed by atoms with Crippen LogP contribution in [-0.2, 0) is 0 Å². The molecule has 0 amide bonds. The number of nitrogens with one attached hydrogen (secondary N) is 1. The van der Waals surface area contributed by atoms with E-state index in [-0.39, 0.29) is 0 Å². The molecule has 1 heterocycles. The van der Waals surface area contributed by atoms with E-state index >= 15 is 0 Å². The minimum Gasteiger partial charge on any atom is -0.385 e. The summed E-state index contributed by atoms with van der Waals surface area (Å²) in [6.07, 6.45) is 4.61. The van der Waals surface area contributed by atoms with E-state index in [0.29, 0.717) is 0 Å². The van der Waals surface area contributed by atoms with Crippen molar-refractivity contribution in [3.8, 4) is 0 Å². The lowest BCUT2D eigenvalue weighted by atomic mass is 10.2. The third kappa shape index (κ3) is 1.47. The summed E-state index contributed by atoms with van der Waals surface area (Å²) >= 11 is 0. The fourth-order valence-electron chi connectivity index (χ4n) is 0.813. The molecule has 2 nitrogen and oxygen atoms in total. The molecule has 1 N–H and O–H groups in total. The maximum atomic E-state index is 3.86. The van der Waals surface area contributed by atoms with Crippen molar-refractivity contribution in [2.24, 2.45) is 0 Å². The van der Waals surface area contributed by atoms with Crippen molar-refractivity contribution < 1.29 is 0 Å². The second kappa shape index (κ2) is 3.20. The van der Waals surface area contributed by atoms with Crippen LogP contribution in [0.3, 0.4) is 0 Å². The third-order valence-corrected chi connectivity index (χ3v) is 1.32. The Morgan fingerprint density at radius 2 is 2.50 bits per heavy atom. The molecule has 2 heteroatoms. The van der Waals surface area contributed by atoms with E-state index in [9.17, 15) is 0 Å². The number of anilines is 1. The average Bonchev–Trinajstić information content (AvgIpc) is 1.94. The number of nitrogens with zero attached hydrogens (tertiary/aromatic N) is 1. The van der Waals surface area contributed by atoms with Gasteiger partial charge in [0.2, 0.25) is 0 Å². The minimum absolute atomic E-state index is 0.943. The van der Waals surface area contributed by atoms with Gasteiger partial charge in [0.15, 0.2) is 0 Å². The third-order valence-electron chi connectivity index (χ3n) is 1.32. The normalized spacial score (nSPS) is 9.40. The lowest BCUT2D eigenvalue weighted by Crippen LogP contribution is -1.98. The van der Waals surface area contributed by atoms with Gasteiger partial charge in [-0.25, -0.2) is 0 Å². The Morgan fingerprint density at radius 1 is 1.70 bits per heavy atom. The molecule has 0 aliphatic rings. The Bertz CT molecular complexity index is 208. The Labute approximate surface area is 61.3 Å². The van der Waals surface area contributed by atoms with Gasteiger partial charge in [-0.3, -0.25) is 4.98 Å². The molecule has 0 atom stereocenters. The fraction of sp³-hybridized carbons (Fsp3) is 0.375. The molecular formula is C8H11N2. The van der Waals surface area contributed by atoms with Gasteiger partial charge < -0.3 is 5.32 Å². The molecule has 0 aliphatic carbocycles. The highest BCUT2D eigenvalue weighted by Gasteiger charge is 1.92. The van der Waals surface area contributed by atoms with Gasteiger partial charge in [0.1, 0.15) is 0 Å². The first-order valence-corrected chi connectivity index (χ1v) is 3.41. The average molecular weight is 135 g/mol. The molecule has 1 aromatic heterocycles. The van der Waals surface area contributed by atoms with Crippen molar-refractivity contribution in [3.05, 3.63) is 24.0 Å². The zero-order valence-electron chi connectivity index (χ0n) is 6.31. The van der Waals surface area contributed by atoms with Crippen LogP contribution < -0.4 is 5.32 Å². The Balaban J connectivity index is 2.81. The van der Waals surface area contributed by atoms with Gasteiger partial charge in [-0.2, -0.15) is 0 Å². The Morgan fingerprint density at radius 3 is 3.10 bits per heavy atom. The second-order valence-corrected chi connectivity index (χ2v) is 2.13. The van der Waals surface area contributed by atoms with Crippen LogP contribution in [0.25, 0.3) is 0 Å². The maximum Gasteiger partial charge on any atom is 0.0939 e. The van der Waals surface area contributed by atoms with E-state index in [2.05, 4.69) is 23.4 Å². The Kier molecular flexibility index (Phi) is 2.26. The molecule has 0 unspecified atom stereocenters. The monoisotopic (exact) mass is 135 g/mol. The van der Waals surface area contributed by atoms with Gasteiger partial charge in [-0.15, -0.1) is 0 Å². The number of hydrogen-bond donors (Lipinski definition) is 1. The molecule has 1 radical (unpaired) electrons. The molecular weight excluding hydrogens is 124 g/mol. The number of hydrogen-bond acceptors (Lipinski definition) is 2. The van der Waals surface area contributed by atoms with Crippen molar-refractivity contribution in [2.45, 2.75) is 13.8 Å². The summed E-state index contributed by atoms with van der Waals surface area (Å²) in [4.78, 5) is 3.86. The van der Waals surface area contributed by atoms with Crippen LogP contribution >= 0.6 is 0 Å². The molecule has 1 aromatic rings. The van der Waals surface area contributed by atoms with Crippen molar-refractivity contribution >= 4 is 5.69 Å². The van der Waals surface area contributed by atoms with E-state index in [4.69, 9.17) is 0 Å². The molecule has 0 aromatic carbocycles. The first-order chi connectivity index (χ1) is 4.84. The summed E-state index contributed by atoms with van der Waals surface area (Å²) in [6.45, 7) is 5.00. The summed E-state index contributed by atoms with van der Waals surface area (Å²) in [5, 5.41) is 3.20. The van der Waals surface area contributed by atoms with E-state index < -0.39 is 0 Å². The predicted molar refractivity (Wildman–Crippen MR) is 42.0 cm³/mol. The van der Waals surface area contributed by atoms with Crippen LogP contribution in [0.4, 0.5) is 5.69 Å². The molecule has 0 spiro atoms. The predicted octanol–water partition coefficient (Wildman–Crippen LogP) is 1.62. The molecule has 0 fully saturated rings. The van der Waals surface area contributed by atoms with Crippen LogP contribution in [0.15, 0.2) is 12.3 Å². The number of aromatic nitrogens is 1. The fourth-order valence-corrected chi connectivity index (χ4v) is 0.813. The highest BCUT2D eigenvalue weighted by Crippen LogP contribution is 2.09. The first kappa shape index (κ1) is 7.06. The number of pyridine rings is 1. The van der Waals surface area contributed by atoms with Crippen LogP contribution in [0.2, 0.25) is 0 Å². The van der Waals surface area contributed by atoms with Crippen molar-refractivity contribution in [1.82, 2.24) is 4.98 Å². The second-order valence-electron chi connectivity index (χ2n) is 2.13. The minimum atomic E-state index is 0.943. The van der Waals surface area contributed by atoms with Crippen LogP contribution in [0.5, 0.6) is 0 Å². The van der Waals surface area contributed by atoms with E-state index in [1.54, 1.807) is 6.20 Å². The van der Waals surface area contributed by atoms with Gasteiger partial charge in [0.05, 0.1) is 6.20 Å². The van der Waals surface area contributed by atoms with Crippen LogP contribution in [0, 0.1) is 13.1 Å².